The van der Waals surface area contributed by atoms with Crippen LogP contribution >= 0.6 is 0 Å². The van der Waals surface area contributed by atoms with E-state index in [-0.39, 0.29) is 0 Å². The van der Waals surface area contributed by atoms with Crippen molar-refractivity contribution in [2.45, 2.75) is 97.9 Å². The third-order valence-corrected chi connectivity index (χ3v) is 10.5. The lowest BCUT2D eigenvalue weighted by Crippen LogP contribution is -2.39. The van der Waals surface area contributed by atoms with E-state index in [9.17, 15) is 0 Å². The normalized spacial score (nSPS) is 43.4. The van der Waals surface area contributed by atoms with E-state index >= 15 is 0 Å². The number of fused-ring (bicyclic) bond motifs is 4. The Balaban J connectivity index is 1.29. The van der Waals surface area contributed by atoms with Gasteiger partial charge in [0.05, 0.1) is 0 Å². The van der Waals surface area contributed by atoms with E-state index in [1.807, 2.05) is 5.57 Å². The van der Waals surface area contributed by atoms with Gasteiger partial charge in [-0.3, -0.25) is 4.99 Å². The summed E-state index contributed by atoms with van der Waals surface area (Å²) in [6, 6.07) is 0.392. The van der Waals surface area contributed by atoms with Crippen molar-refractivity contribution in [1.29, 1.82) is 0 Å². The predicted molar refractivity (Wildman–Crippen MR) is 132 cm³/mol. The molecule has 5 aliphatic rings. The molecule has 0 aromatic heterocycles. The van der Waals surface area contributed by atoms with Crippen molar-refractivity contribution in [2.24, 2.45) is 57.6 Å². The van der Waals surface area contributed by atoms with Gasteiger partial charge in [0.25, 0.3) is 0 Å². The van der Waals surface area contributed by atoms with Gasteiger partial charge < -0.3 is 5.73 Å². The van der Waals surface area contributed by atoms with Crippen molar-refractivity contribution in [3.05, 3.63) is 23.3 Å². The zero-order valence-corrected chi connectivity index (χ0v) is 20.6. The van der Waals surface area contributed by atoms with E-state index < -0.39 is 0 Å². The quantitative estimate of drug-likeness (QED) is 0.489. The zero-order valence-electron chi connectivity index (χ0n) is 20.6. The minimum absolute atomic E-state index is 0.392. The SMILES string of the molecule is CC(C)C1CN=C(C[C@@H](C)[C@H]2CC[C@H]3C4=CC[C@H]5C[C@H](N)CC=C5CC4CC[C@]23C)C1. The molecule has 0 amide bonds. The lowest BCUT2D eigenvalue weighted by molar-refractivity contribution is 0.0839. The molecule has 2 nitrogen and oxygen atoms in total. The maximum absolute atomic E-state index is 6.31. The molecule has 0 bridgehead atoms. The Labute approximate surface area is 191 Å². The van der Waals surface area contributed by atoms with Gasteiger partial charge in [-0.15, -0.1) is 0 Å². The fourth-order valence-corrected chi connectivity index (χ4v) is 8.50. The maximum Gasteiger partial charge on any atom is 0.0423 e. The highest BCUT2D eigenvalue weighted by Gasteiger charge is 2.53. The molecule has 0 spiro atoms. The molecule has 2 unspecified atom stereocenters. The number of rotatable bonds is 4. The second-order valence-electron chi connectivity index (χ2n) is 12.6. The van der Waals surface area contributed by atoms with E-state index in [0.717, 1.165) is 54.4 Å². The fourth-order valence-electron chi connectivity index (χ4n) is 8.50. The molecule has 0 aromatic carbocycles. The summed E-state index contributed by atoms with van der Waals surface area (Å²) in [5, 5.41) is 0. The van der Waals surface area contributed by atoms with Gasteiger partial charge in [0.15, 0.2) is 0 Å². The Hall–Kier alpha value is -0.890. The molecule has 0 radical (unpaired) electrons. The average Bonchev–Trinajstić information content (AvgIpc) is 3.28. The zero-order chi connectivity index (χ0) is 21.8. The van der Waals surface area contributed by atoms with Crippen molar-refractivity contribution < 1.29 is 0 Å². The van der Waals surface area contributed by atoms with Crippen LogP contribution in [0.4, 0.5) is 0 Å². The molecule has 4 aliphatic carbocycles. The standard InChI is InChI=1S/C29H46N2/c1-18(2)23-16-25(31-17-23)13-19(3)27-9-10-28-26-8-6-21-15-24(30)7-5-20(21)14-22(26)11-12-29(27,28)4/h5,8,18-19,21-24,27-28H,6-7,9-17,30H2,1-4H3/t19-,21+,22?,23?,24-,27-,28+,29-/m1/s1. The van der Waals surface area contributed by atoms with Crippen LogP contribution in [0.1, 0.15) is 91.9 Å². The second kappa shape index (κ2) is 8.47. The van der Waals surface area contributed by atoms with Gasteiger partial charge in [-0.05, 0) is 111 Å². The van der Waals surface area contributed by atoms with Crippen molar-refractivity contribution in [3.63, 3.8) is 0 Å². The van der Waals surface area contributed by atoms with E-state index in [1.54, 1.807) is 5.57 Å². The first-order valence-corrected chi connectivity index (χ1v) is 13.5. The van der Waals surface area contributed by atoms with Crippen LogP contribution in [0.5, 0.6) is 0 Å². The van der Waals surface area contributed by atoms with Crippen LogP contribution in [-0.2, 0) is 0 Å². The molecular weight excluding hydrogens is 376 g/mol. The van der Waals surface area contributed by atoms with E-state index in [4.69, 9.17) is 10.7 Å². The lowest BCUT2D eigenvalue weighted by atomic mass is 9.58. The smallest absolute Gasteiger partial charge is 0.0423 e. The molecule has 1 heterocycles. The monoisotopic (exact) mass is 422 g/mol. The van der Waals surface area contributed by atoms with Gasteiger partial charge in [-0.25, -0.2) is 0 Å². The van der Waals surface area contributed by atoms with Gasteiger partial charge in [-0.1, -0.05) is 51.0 Å². The average molecular weight is 423 g/mol. The largest absolute Gasteiger partial charge is 0.327 e. The predicted octanol–water partition coefficient (Wildman–Crippen LogP) is 6.96. The summed E-state index contributed by atoms with van der Waals surface area (Å²) in [6.07, 6.45) is 18.4. The summed E-state index contributed by atoms with van der Waals surface area (Å²) in [5.74, 6) is 5.62. The van der Waals surface area contributed by atoms with Crippen LogP contribution in [0.3, 0.4) is 0 Å². The summed E-state index contributed by atoms with van der Waals surface area (Å²) < 4.78 is 0. The number of aliphatic imine (C=N–C) groups is 1. The van der Waals surface area contributed by atoms with Crippen LogP contribution in [0, 0.1) is 46.8 Å². The van der Waals surface area contributed by atoms with Crippen molar-refractivity contribution in [1.82, 2.24) is 0 Å². The summed E-state index contributed by atoms with van der Waals surface area (Å²) in [4.78, 5) is 4.99. The topological polar surface area (TPSA) is 38.4 Å². The van der Waals surface area contributed by atoms with Gasteiger partial charge in [0.2, 0.25) is 0 Å². The summed E-state index contributed by atoms with van der Waals surface area (Å²) in [5.41, 5.74) is 12.0. The molecule has 2 saturated carbocycles. The molecule has 2 N–H and O–H groups in total. The summed E-state index contributed by atoms with van der Waals surface area (Å²) >= 11 is 0. The number of hydrogen-bond acceptors (Lipinski definition) is 2. The summed E-state index contributed by atoms with van der Waals surface area (Å²) in [6.45, 7) is 11.0. The number of nitrogens with zero attached hydrogens (tertiary/aromatic N) is 1. The molecular formula is C29H46N2. The van der Waals surface area contributed by atoms with Crippen molar-refractivity contribution in [3.8, 4) is 0 Å². The Morgan fingerprint density at radius 2 is 1.90 bits per heavy atom. The van der Waals surface area contributed by atoms with Gasteiger partial charge >= 0.3 is 0 Å². The number of allylic oxidation sites excluding steroid dienone is 3. The highest BCUT2D eigenvalue weighted by molar-refractivity contribution is 5.86. The first kappa shape index (κ1) is 21.9. The molecule has 8 atom stereocenters. The Bertz CT molecular complexity index is 774. The van der Waals surface area contributed by atoms with Crippen molar-refractivity contribution >= 4 is 5.71 Å². The highest BCUT2D eigenvalue weighted by atomic mass is 14.8. The first-order valence-electron chi connectivity index (χ1n) is 13.5. The molecule has 5 rings (SSSR count). The summed E-state index contributed by atoms with van der Waals surface area (Å²) in [7, 11) is 0. The van der Waals surface area contributed by atoms with Crippen LogP contribution in [-0.4, -0.2) is 18.3 Å². The third-order valence-electron chi connectivity index (χ3n) is 10.5. The minimum atomic E-state index is 0.392. The lowest BCUT2D eigenvalue weighted by Gasteiger charge is -2.47. The molecule has 2 heteroatoms. The highest BCUT2D eigenvalue weighted by Crippen LogP contribution is 2.62. The second-order valence-corrected chi connectivity index (χ2v) is 12.6. The Morgan fingerprint density at radius 3 is 2.68 bits per heavy atom. The van der Waals surface area contributed by atoms with Gasteiger partial charge in [-0.2, -0.15) is 0 Å². The van der Waals surface area contributed by atoms with Crippen LogP contribution < -0.4 is 5.73 Å². The van der Waals surface area contributed by atoms with Gasteiger partial charge in [0, 0.05) is 18.3 Å². The van der Waals surface area contributed by atoms with Crippen molar-refractivity contribution in [2.75, 3.05) is 6.54 Å². The molecule has 172 valence electrons. The van der Waals surface area contributed by atoms with Gasteiger partial charge in [0.1, 0.15) is 0 Å². The Morgan fingerprint density at radius 1 is 1.06 bits per heavy atom. The third kappa shape index (κ3) is 4.00. The minimum Gasteiger partial charge on any atom is -0.327 e. The van der Waals surface area contributed by atoms with Crippen LogP contribution in [0.2, 0.25) is 0 Å². The van der Waals surface area contributed by atoms with Crippen LogP contribution in [0.25, 0.3) is 0 Å². The Kier molecular flexibility index (Phi) is 5.99. The van der Waals surface area contributed by atoms with Crippen LogP contribution in [0.15, 0.2) is 28.3 Å². The molecule has 0 aromatic rings. The first-order chi connectivity index (χ1) is 14.8. The fraction of sp³-hybridized carbons (Fsp3) is 0.828. The molecule has 2 fully saturated rings. The van der Waals surface area contributed by atoms with E-state index in [0.29, 0.717) is 11.5 Å². The number of nitrogens with two attached hydrogens (primary N) is 1. The van der Waals surface area contributed by atoms with E-state index in [1.165, 1.54) is 63.5 Å². The van der Waals surface area contributed by atoms with E-state index in [2.05, 4.69) is 39.8 Å². The maximum atomic E-state index is 6.31. The number of hydrogen-bond donors (Lipinski definition) is 1. The molecule has 0 saturated heterocycles. The molecule has 31 heavy (non-hydrogen) atoms. The molecule has 1 aliphatic heterocycles.